The first kappa shape index (κ1) is 18.1. The Morgan fingerprint density at radius 2 is 1.89 bits per heavy atom. The molecule has 0 radical (unpaired) electrons. The van der Waals surface area contributed by atoms with Crippen LogP contribution in [-0.2, 0) is 0 Å². The maximum absolute atomic E-state index is 13.2. The van der Waals surface area contributed by atoms with Gasteiger partial charge in [0.15, 0.2) is 5.82 Å². The fourth-order valence-corrected chi connectivity index (χ4v) is 3.91. The zero-order valence-corrected chi connectivity index (χ0v) is 16.4. The molecule has 0 aliphatic heterocycles. The highest BCUT2D eigenvalue weighted by molar-refractivity contribution is 7.15. The molecule has 6 nitrogen and oxygen atoms in total. The van der Waals surface area contributed by atoms with Gasteiger partial charge in [0.1, 0.15) is 5.82 Å². The SMILES string of the molecule is Cc1ccc(-c2cc(NC(=O)c3c(C)nn(-c4ccc(F)cc4)c3C)n[nH]2)s1. The number of carbonyl (C=O) groups excluding carboxylic acids is 1. The average molecular weight is 395 g/mol. The van der Waals surface area contributed by atoms with Crippen molar-refractivity contribution in [1.29, 1.82) is 0 Å². The molecule has 4 aromatic rings. The van der Waals surface area contributed by atoms with Gasteiger partial charge < -0.3 is 5.32 Å². The van der Waals surface area contributed by atoms with Gasteiger partial charge in [0.2, 0.25) is 0 Å². The first-order valence-electron chi connectivity index (χ1n) is 8.68. The molecule has 0 saturated carbocycles. The maximum Gasteiger partial charge on any atom is 0.260 e. The number of aryl methyl sites for hydroxylation is 2. The van der Waals surface area contributed by atoms with Crippen LogP contribution in [0.1, 0.15) is 26.6 Å². The number of thiophene rings is 1. The van der Waals surface area contributed by atoms with E-state index in [0.29, 0.717) is 28.5 Å². The largest absolute Gasteiger partial charge is 0.305 e. The fraction of sp³-hybridized carbons (Fsp3) is 0.150. The number of benzene rings is 1. The minimum absolute atomic E-state index is 0.288. The summed E-state index contributed by atoms with van der Waals surface area (Å²) in [6, 6.07) is 11.8. The van der Waals surface area contributed by atoms with Crippen LogP contribution in [0.15, 0.2) is 42.5 Å². The van der Waals surface area contributed by atoms with Crippen molar-refractivity contribution in [2.24, 2.45) is 0 Å². The van der Waals surface area contributed by atoms with E-state index >= 15 is 0 Å². The minimum Gasteiger partial charge on any atom is -0.305 e. The van der Waals surface area contributed by atoms with Crippen molar-refractivity contribution in [2.45, 2.75) is 20.8 Å². The monoisotopic (exact) mass is 395 g/mol. The number of anilines is 1. The van der Waals surface area contributed by atoms with Gasteiger partial charge in [-0.25, -0.2) is 9.07 Å². The summed E-state index contributed by atoms with van der Waals surface area (Å²) in [6.45, 7) is 5.62. The van der Waals surface area contributed by atoms with E-state index in [9.17, 15) is 9.18 Å². The van der Waals surface area contributed by atoms with Crippen LogP contribution in [0, 0.1) is 26.6 Å². The lowest BCUT2D eigenvalue weighted by atomic mass is 10.2. The third-order valence-electron chi connectivity index (χ3n) is 4.41. The van der Waals surface area contributed by atoms with Gasteiger partial charge in [-0.2, -0.15) is 10.2 Å². The Morgan fingerprint density at radius 1 is 1.14 bits per heavy atom. The number of carbonyl (C=O) groups is 1. The van der Waals surface area contributed by atoms with Crippen LogP contribution in [-0.4, -0.2) is 25.9 Å². The van der Waals surface area contributed by atoms with E-state index in [1.54, 1.807) is 41.1 Å². The molecule has 28 heavy (non-hydrogen) atoms. The Labute approximate surface area is 165 Å². The number of nitrogens with one attached hydrogen (secondary N) is 2. The van der Waals surface area contributed by atoms with Gasteiger partial charge in [0.05, 0.1) is 33.2 Å². The molecular formula is C20H18FN5OS. The molecule has 0 aliphatic rings. The van der Waals surface area contributed by atoms with Gasteiger partial charge in [0.25, 0.3) is 5.91 Å². The Hall–Kier alpha value is -3.26. The lowest BCUT2D eigenvalue weighted by molar-refractivity contribution is 0.102. The van der Waals surface area contributed by atoms with Gasteiger partial charge >= 0.3 is 0 Å². The van der Waals surface area contributed by atoms with Crippen LogP contribution in [0.25, 0.3) is 16.3 Å². The molecule has 0 saturated heterocycles. The van der Waals surface area contributed by atoms with Gasteiger partial charge in [-0.3, -0.25) is 9.89 Å². The fourth-order valence-electron chi connectivity index (χ4n) is 3.08. The molecule has 1 amide bonds. The van der Waals surface area contributed by atoms with Crippen LogP contribution in [0.3, 0.4) is 0 Å². The summed E-state index contributed by atoms with van der Waals surface area (Å²) >= 11 is 1.65. The molecule has 8 heteroatoms. The van der Waals surface area contributed by atoms with Crippen molar-refractivity contribution >= 4 is 23.1 Å². The van der Waals surface area contributed by atoms with E-state index < -0.39 is 0 Å². The molecule has 0 fully saturated rings. The molecular weight excluding hydrogens is 377 g/mol. The summed E-state index contributed by atoms with van der Waals surface area (Å²) in [4.78, 5) is 15.1. The van der Waals surface area contributed by atoms with E-state index in [-0.39, 0.29) is 11.7 Å². The second-order valence-corrected chi connectivity index (χ2v) is 7.75. The number of nitrogens with zero attached hydrogens (tertiary/aromatic N) is 3. The highest BCUT2D eigenvalue weighted by Crippen LogP contribution is 2.28. The Morgan fingerprint density at radius 3 is 2.57 bits per heavy atom. The summed E-state index contributed by atoms with van der Waals surface area (Å²) in [6.07, 6.45) is 0. The zero-order chi connectivity index (χ0) is 19.8. The van der Waals surface area contributed by atoms with Crippen LogP contribution >= 0.6 is 11.3 Å². The smallest absolute Gasteiger partial charge is 0.260 e. The zero-order valence-electron chi connectivity index (χ0n) is 15.6. The molecule has 0 atom stereocenters. The lowest BCUT2D eigenvalue weighted by Gasteiger charge is -2.05. The quantitative estimate of drug-likeness (QED) is 0.528. The normalized spacial score (nSPS) is 11.0. The van der Waals surface area contributed by atoms with Crippen LogP contribution in [0.2, 0.25) is 0 Å². The average Bonchev–Trinajstić information content (AvgIpc) is 3.35. The van der Waals surface area contributed by atoms with Crippen LogP contribution < -0.4 is 5.32 Å². The maximum atomic E-state index is 13.2. The summed E-state index contributed by atoms with van der Waals surface area (Å²) < 4.78 is 14.8. The van der Waals surface area contributed by atoms with E-state index in [0.717, 1.165) is 10.6 Å². The standard InChI is InChI=1S/C20H18FN5OS/c1-11-4-9-17(28-11)16-10-18(24-23-16)22-20(27)19-12(2)25-26(13(19)3)15-7-5-14(21)6-8-15/h4-10H,1-3H3,(H2,22,23,24,27). The minimum atomic E-state index is -0.321. The van der Waals surface area contributed by atoms with Crippen molar-refractivity contribution in [1.82, 2.24) is 20.0 Å². The van der Waals surface area contributed by atoms with Crippen LogP contribution in [0.4, 0.5) is 10.2 Å². The third kappa shape index (κ3) is 3.34. The van der Waals surface area contributed by atoms with E-state index in [1.807, 2.05) is 26.0 Å². The number of halogens is 1. The number of hydrogen-bond acceptors (Lipinski definition) is 4. The Balaban J connectivity index is 1.59. The molecule has 0 spiro atoms. The molecule has 1 aromatic carbocycles. The van der Waals surface area contributed by atoms with Crippen molar-refractivity contribution in [3.63, 3.8) is 0 Å². The topological polar surface area (TPSA) is 75.6 Å². The number of H-pyrrole nitrogens is 1. The first-order valence-corrected chi connectivity index (χ1v) is 9.50. The third-order valence-corrected chi connectivity index (χ3v) is 5.45. The summed E-state index contributed by atoms with van der Waals surface area (Å²) in [7, 11) is 0. The molecule has 3 heterocycles. The van der Waals surface area contributed by atoms with Gasteiger partial charge in [-0.15, -0.1) is 11.3 Å². The Bertz CT molecular complexity index is 1160. The Kier molecular flexibility index (Phi) is 4.56. The van der Waals surface area contributed by atoms with Gasteiger partial charge in [-0.1, -0.05) is 0 Å². The van der Waals surface area contributed by atoms with Crippen molar-refractivity contribution in [3.05, 3.63) is 70.1 Å². The number of amides is 1. The predicted molar refractivity (Wildman–Crippen MR) is 108 cm³/mol. The number of hydrogen-bond donors (Lipinski definition) is 2. The molecule has 2 N–H and O–H groups in total. The first-order chi connectivity index (χ1) is 13.4. The van der Waals surface area contributed by atoms with Crippen LogP contribution in [0.5, 0.6) is 0 Å². The second-order valence-electron chi connectivity index (χ2n) is 6.47. The van der Waals surface area contributed by atoms with Crippen molar-refractivity contribution in [2.75, 3.05) is 5.32 Å². The summed E-state index contributed by atoms with van der Waals surface area (Å²) in [5.74, 6) is -0.165. The second kappa shape index (κ2) is 7.05. The highest BCUT2D eigenvalue weighted by atomic mass is 32.1. The number of aromatic nitrogens is 4. The number of aromatic amines is 1. The summed E-state index contributed by atoms with van der Waals surface area (Å²) in [5.41, 5.74) is 3.27. The number of rotatable bonds is 4. The van der Waals surface area contributed by atoms with E-state index in [4.69, 9.17) is 0 Å². The molecule has 142 valence electrons. The molecule has 0 bridgehead atoms. The highest BCUT2D eigenvalue weighted by Gasteiger charge is 2.20. The molecule has 0 aliphatic carbocycles. The van der Waals surface area contributed by atoms with Gasteiger partial charge in [0, 0.05) is 10.9 Å². The van der Waals surface area contributed by atoms with Crippen molar-refractivity contribution in [3.8, 4) is 16.3 Å². The molecule has 4 rings (SSSR count). The van der Waals surface area contributed by atoms with Gasteiger partial charge in [-0.05, 0) is 57.2 Å². The summed E-state index contributed by atoms with van der Waals surface area (Å²) in [5, 5.41) is 14.4. The van der Waals surface area contributed by atoms with Crippen molar-refractivity contribution < 1.29 is 9.18 Å². The lowest BCUT2D eigenvalue weighted by Crippen LogP contribution is -2.14. The van der Waals surface area contributed by atoms with E-state index in [2.05, 4.69) is 20.6 Å². The van der Waals surface area contributed by atoms with E-state index in [1.165, 1.54) is 17.0 Å². The molecule has 0 unspecified atom stereocenters. The predicted octanol–water partition coefficient (Wildman–Crippen LogP) is 4.64. The molecule has 3 aromatic heterocycles.